The highest BCUT2D eigenvalue weighted by Crippen LogP contribution is 2.29. The lowest BCUT2D eigenvalue weighted by Crippen LogP contribution is -2.29. The third-order valence-electron chi connectivity index (χ3n) is 6.00. The molecule has 192 valence electrons. The number of urea groups is 1. The Balaban J connectivity index is 1.56. The van der Waals surface area contributed by atoms with Crippen LogP contribution in [0.15, 0.2) is 66.9 Å². The minimum Gasteiger partial charge on any atom is -0.465 e. The highest BCUT2D eigenvalue weighted by atomic mass is 16.4. The molecule has 2 heterocycles. The number of imidazole rings is 1. The van der Waals surface area contributed by atoms with Crippen LogP contribution in [-0.2, 0) is 6.42 Å². The highest BCUT2D eigenvalue weighted by molar-refractivity contribution is 5.90. The first-order chi connectivity index (χ1) is 18.0. The smallest absolute Gasteiger partial charge is 0.404 e. The summed E-state index contributed by atoms with van der Waals surface area (Å²) in [5.74, 6) is 0.706. The Labute approximate surface area is 216 Å². The van der Waals surface area contributed by atoms with E-state index < -0.39 is 6.09 Å². The summed E-state index contributed by atoms with van der Waals surface area (Å²) in [4.78, 5) is 32.5. The molecule has 4 rings (SSSR count). The molecule has 0 saturated carbocycles. The fourth-order valence-electron chi connectivity index (χ4n) is 4.14. The van der Waals surface area contributed by atoms with Gasteiger partial charge >= 0.3 is 12.1 Å². The number of amides is 3. The molecule has 0 aliphatic heterocycles. The maximum absolute atomic E-state index is 12.4. The van der Waals surface area contributed by atoms with Gasteiger partial charge < -0.3 is 21.1 Å². The number of carbonyl (C=O) groups is 2. The van der Waals surface area contributed by atoms with Gasteiger partial charge in [-0.25, -0.2) is 19.6 Å². The molecule has 2 aromatic heterocycles. The topological polar surface area (TPSA) is 121 Å². The van der Waals surface area contributed by atoms with Crippen molar-refractivity contribution >= 4 is 29.0 Å². The average molecular weight is 501 g/mol. The summed E-state index contributed by atoms with van der Waals surface area (Å²) >= 11 is 0. The average Bonchev–Trinajstić information content (AvgIpc) is 3.29. The number of aromatic nitrogens is 3. The van der Waals surface area contributed by atoms with Crippen LogP contribution in [0.2, 0.25) is 0 Å². The zero-order valence-corrected chi connectivity index (χ0v) is 20.9. The number of unbranched alkanes of at least 4 members (excludes halogenated alkanes) is 3. The van der Waals surface area contributed by atoms with E-state index in [9.17, 15) is 9.59 Å². The Bertz CT molecular complexity index is 1350. The van der Waals surface area contributed by atoms with Gasteiger partial charge in [0.1, 0.15) is 11.3 Å². The Kier molecular flexibility index (Phi) is 8.70. The molecular weight excluding hydrogens is 468 g/mol. The van der Waals surface area contributed by atoms with Gasteiger partial charge in [0.25, 0.3) is 0 Å². The SMILES string of the molecule is CCCCCCNC(=O)Nc1cccc(-c2nc3cccnc3n2-c2ccc(CCNC(=O)O)cc2)c1. The molecule has 0 radical (unpaired) electrons. The number of benzene rings is 2. The maximum Gasteiger partial charge on any atom is 0.404 e. The van der Waals surface area contributed by atoms with Crippen molar-refractivity contribution in [1.82, 2.24) is 25.2 Å². The van der Waals surface area contributed by atoms with Gasteiger partial charge in [-0.3, -0.25) is 4.57 Å². The number of rotatable bonds is 11. The van der Waals surface area contributed by atoms with E-state index in [0.29, 0.717) is 31.0 Å². The van der Waals surface area contributed by atoms with Crippen LogP contribution in [0.1, 0.15) is 38.2 Å². The molecule has 0 aliphatic rings. The van der Waals surface area contributed by atoms with Gasteiger partial charge in [-0.15, -0.1) is 0 Å². The summed E-state index contributed by atoms with van der Waals surface area (Å²) < 4.78 is 1.99. The minimum atomic E-state index is -1.03. The van der Waals surface area contributed by atoms with Crippen LogP contribution < -0.4 is 16.0 Å². The van der Waals surface area contributed by atoms with Crippen LogP contribution in [0.3, 0.4) is 0 Å². The lowest BCUT2D eigenvalue weighted by molar-refractivity contribution is 0.194. The summed E-state index contributed by atoms with van der Waals surface area (Å²) in [5, 5.41) is 17.0. The Morgan fingerprint density at radius 3 is 2.57 bits per heavy atom. The summed E-state index contributed by atoms with van der Waals surface area (Å²) in [5.41, 5.74) is 4.90. The fraction of sp³-hybridized carbons (Fsp3) is 0.286. The van der Waals surface area contributed by atoms with Crippen LogP contribution in [0.25, 0.3) is 28.2 Å². The van der Waals surface area contributed by atoms with Crippen LogP contribution in [0.4, 0.5) is 15.3 Å². The summed E-state index contributed by atoms with van der Waals surface area (Å²) in [7, 11) is 0. The molecule has 0 unspecified atom stereocenters. The van der Waals surface area contributed by atoms with Crippen LogP contribution in [0, 0.1) is 0 Å². The Hall–Kier alpha value is -4.40. The number of carbonyl (C=O) groups excluding carboxylic acids is 1. The number of carboxylic acid groups (broad SMARTS) is 1. The predicted molar refractivity (Wildman–Crippen MR) is 145 cm³/mol. The van der Waals surface area contributed by atoms with Crippen LogP contribution in [-0.4, -0.2) is 44.9 Å². The molecule has 0 atom stereocenters. The molecular formula is C28H32N6O3. The lowest BCUT2D eigenvalue weighted by Gasteiger charge is -2.12. The van der Waals surface area contributed by atoms with Crippen molar-refractivity contribution in [3.05, 3.63) is 72.4 Å². The summed E-state index contributed by atoms with van der Waals surface area (Å²) in [6.07, 6.45) is 5.71. The number of nitrogens with one attached hydrogen (secondary N) is 3. The zero-order valence-electron chi connectivity index (χ0n) is 20.9. The molecule has 2 aromatic carbocycles. The second kappa shape index (κ2) is 12.5. The zero-order chi connectivity index (χ0) is 26.0. The Morgan fingerprint density at radius 1 is 0.946 bits per heavy atom. The fourth-order valence-corrected chi connectivity index (χ4v) is 4.14. The second-order valence-corrected chi connectivity index (χ2v) is 8.79. The standard InChI is InChI=1S/C28H32N6O3/c1-2-3-4-5-16-30-27(35)32-22-9-6-8-21(19-22)25-33-24-10-7-17-29-26(24)34(25)23-13-11-20(12-14-23)15-18-31-28(36)37/h6-14,17,19,31H,2-5,15-16,18H2,1H3,(H,36,37)(H2,30,32,35). The highest BCUT2D eigenvalue weighted by Gasteiger charge is 2.16. The molecule has 4 N–H and O–H groups in total. The van der Waals surface area contributed by atoms with Gasteiger partial charge in [0, 0.05) is 36.2 Å². The van der Waals surface area contributed by atoms with E-state index in [2.05, 4.69) is 27.9 Å². The molecule has 0 fully saturated rings. The van der Waals surface area contributed by atoms with Crippen molar-refractivity contribution in [2.24, 2.45) is 0 Å². The first-order valence-corrected chi connectivity index (χ1v) is 12.6. The number of hydrogen-bond donors (Lipinski definition) is 4. The minimum absolute atomic E-state index is 0.225. The monoisotopic (exact) mass is 500 g/mol. The first-order valence-electron chi connectivity index (χ1n) is 12.6. The molecule has 0 saturated heterocycles. The summed E-state index contributed by atoms with van der Waals surface area (Å²) in [6.45, 7) is 3.16. The number of anilines is 1. The van der Waals surface area contributed by atoms with Crippen molar-refractivity contribution < 1.29 is 14.7 Å². The van der Waals surface area contributed by atoms with Gasteiger partial charge in [-0.2, -0.15) is 0 Å². The van der Waals surface area contributed by atoms with Crippen molar-refractivity contribution in [2.75, 3.05) is 18.4 Å². The van der Waals surface area contributed by atoms with Gasteiger partial charge in [-0.1, -0.05) is 50.5 Å². The quantitative estimate of drug-likeness (QED) is 0.200. The largest absolute Gasteiger partial charge is 0.465 e. The maximum atomic E-state index is 12.4. The number of pyridine rings is 1. The third-order valence-corrected chi connectivity index (χ3v) is 6.00. The van der Waals surface area contributed by atoms with Crippen molar-refractivity contribution in [2.45, 2.75) is 39.0 Å². The van der Waals surface area contributed by atoms with E-state index in [4.69, 9.17) is 10.1 Å². The molecule has 0 spiro atoms. The van der Waals surface area contributed by atoms with E-state index in [1.54, 1.807) is 6.20 Å². The molecule has 9 nitrogen and oxygen atoms in total. The lowest BCUT2D eigenvalue weighted by atomic mass is 10.1. The molecule has 0 bridgehead atoms. The van der Waals surface area contributed by atoms with E-state index >= 15 is 0 Å². The van der Waals surface area contributed by atoms with Crippen LogP contribution >= 0.6 is 0 Å². The predicted octanol–water partition coefficient (Wildman–Crippen LogP) is 5.60. The van der Waals surface area contributed by atoms with E-state index in [0.717, 1.165) is 47.2 Å². The molecule has 9 heteroatoms. The number of nitrogens with zero attached hydrogens (tertiary/aromatic N) is 3. The third kappa shape index (κ3) is 6.84. The van der Waals surface area contributed by atoms with Gasteiger partial charge in [0.15, 0.2) is 5.65 Å². The van der Waals surface area contributed by atoms with E-state index in [1.807, 2.05) is 65.2 Å². The van der Waals surface area contributed by atoms with Gasteiger partial charge in [0.2, 0.25) is 0 Å². The summed E-state index contributed by atoms with van der Waals surface area (Å²) in [6, 6.07) is 19.0. The molecule has 3 amide bonds. The molecule has 0 aliphatic carbocycles. The first kappa shape index (κ1) is 25.7. The van der Waals surface area contributed by atoms with E-state index in [-0.39, 0.29) is 6.03 Å². The molecule has 37 heavy (non-hydrogen) atoms. The van der Waals surface area contributed by atoms with Crippen molar-refractivity contribution in [1.29, 1.82) is 0 Å². The second-order valence-electron chi connectivity index (χ2n) is 8.79. The van der Waals surface area contributed by atoms with Gasteiger partial charge in [0.05, 0.1) is 0 Å². The normalized spacial score (nSPS) is 10.8. The van der Waals surface area contributed by atoms with Crippen molar-refractivity contribution in [3.63, 3.8) is 0 Å². The molecule has 4 aromatic rings. The number of hydrogen-bond acceptors (Lipinski definition) is 4. The van der Waals surface area contributed by atoms with Gasteiger partial charge in [-0.05, 0) is 54.8 Å². The van der Waals surface area contributed by atoms with Crippen molar-refractivity contribution in [3.8, 4) is 17.1 Å². The van der Waals surface area contributed by atoms with E-state index in [1.165, 1.54) is 6.42 Å². The number of fused-ring (bicyclic) bond motifs is 1. The Morgan fingerprint density at radius 2 is 1.78 bits per heavy atom. The van der Waals surface area contributed by atoms with Crippen LogP contribution in [0.5, 0.6) is 0 Å².